The first-order valence-electron chi connectivity index (χ1n) is 14.0. The van der Waals surface area contributed by atoms with Crippen LogP contribution in [0.1, 0.15) is 36.1 Å². The third-order valence-electron chi connectivity index (χ3n) is 7.75. The normalized spacial score (nSPS) is 15.4. The molecule has 0 bridgehead atoms. The van der Waals surface area contributed by atoms with Crippen LogP contribution in [-0.2, 0) is 33.0 Å². The third-order valence-corrected chi connectivity index (χ3v) is 10.5. The number of rotatable bonds is 10. The first kappa shape index (κ1) is 30.7. The number of anilines is 1. The average Bonchev–Trinajstić information content (AvgIpc) is 3.68. The molecule has 5 aromatic rings. The number of hydrogen-bond donors (Lipinski definition) is 2. The van der Waals surface area contributed by atoms with Crippen molar-refractivity contribution in [3.05, 3.63) is 76.4 Å². The van der Waals surface area contributed by atoms with E-state index in [4.69, 9.17) is 0 Å². The van der Waals surface area contributed by atoms with Gasteiger partial charge in [0.15, 0.2) is 0 Å². The summed E-state index contributed by atoms with van der Waals surface area (Å²) in [5.41, 5.74) is 0.618. The Hall–Kier alpha value is -4.29. The van der Waals surface area contributed by atoms with Crippen LogP contribution in [0.25, 0.3) is 21.9 Å². The van der Waals surface area contributed by atoms with Gasteiger partial charge in [-0.1, -0.05) is 6.07 Å². The van der Waals surface area contributed by atoms with Crippen molar-refractivity contribution < 1.29 is 25.6 Å². The Balaban J connectivity index is 1.26. The van der Waals surface area contributed by atoms with Crippen LogP contribution in [0.4, 0.5) is 14.7 Å². The topological polar surface area (TPSA) is 178 Å². The Kier molecular flexibility index (Phi) is 8.13. The molecule has 1 aliphatic rings. The molecule has 0 unspecified atom stereocenters. The van der Waals surface area contributed by atoms with Gasteiger partial charge in [0.1, 0.15) is 18.3 Å². The number of aromatic nitrogens is 7. The van der Waals surface area contributed by atoms with E-state index in [-0.39, 0.29) is 41.7 Å². The van der Waals surface area contributed by atoms with Crippen LogP contribution >= 0.6 is 0 Å². The van der Waals surface area contributed by atoms with Gasteiger partial charge in [0, 0.05) is 41.9 Å². The quantitative estimate of drug-likeness (QED) is 0.225. The van der Waals surface area contributed by atoms with E-state index in [1.54, 1.807) is 18.2 Å². The molecule has 6 rings (SSSR count). The van der Waals surface area contributed by atoms with E-state index in [2.05, 4.69) is 30.4 Å². The molecule has 1 saturated heterocycles. The van der Waals surface area contributed by atoms with Crippen molar-refractivity contribution in [3.8, 4) is 0 Å². The minimum absolute atomic E-state index is 0.0935. The number of H-pyrrole nitrogens is 1. The number of fused-ring (bicyclic) bond motifs is 2. The molecule has 1 aromatic carbocycles. The highest BCUT2D eigenvalue weighted by molar-refractivity contribution is 7.89. The van der Waals surface area contributed by atoms with Crippen molar-refractivity contribution in [1.82, 2.24) is 38.0 Å². The summed E-state index contributed by atoms with van der Waals surface area (Å²) in [7, 11) is -6.96. The van der Waals surface area contributed by atoms with Crippen LogP contribution in [0.3, 0.4) is 0 Å². The monoisotopic (exact) mass is 661 g/mol. The zero-order valence-corrected chi connectivity index (χ0v) is 25.6. The summed E-state index contributed by atoms with van der Waals surface area (Å²) < 4.78 is 79.7. The molecule has 238 valence electrons. The summed E-state index contributed by atoms with van der Waals surface area (Å²) >= 11 is 0. The van der Waals surface area contributed by atoms with E-state index in [1.807, 2.05) is 6.07 Å². The van der Waals surface area contributed by atoms with E-state index >= 15 is 0 Å². The molecule has 14 nitrogen and oxygen atoms in total. The number of benzene rings is 1. The standard InChI is InChI=1S/C27H29F2N9O5S2/c1-44(40,41)36-7-4-20(5-8-36)34-27-31-13-19-12-22(24(28)29)26(39)37(25(19)35-27)14-21-11-18-10-17(2-3-23(18)33-21)6-9-45(42,43)38-16-30-15-32-38/h2-3,10-13,15-16,20,24,33H,4-9,14H2,1H3,(H,31,34,35). The molecule has 1 fully saturated rings. The highest BCUT2D eigenvalue weighted by Crippen LogP contribution is 2.24. The van der Waals surface area contributed by atoms with Crippen LogP contribution in [0, 0.1) is 0 Å². The number of aryl methyl sites for hydroxylation is 1. The van der Waals surface area contributed by atoms with E-state index in [9.17, 15) is 30.4 Å². The first-order chi connectivity index (χ1) is 21.4. The molecule has 18 heteroatoms. The average molecular weight is 662 g/mol. The Morgan fingerprint density at radius 2 is 1.87 bits per heavy atom. The lowest BCUT2D eigenvalue weighted by Gasteiger charge is -2.30. The molecule has 4 aromatic heterocycles. The van der Waals surface area contributed by atoms with Gasteiger partial charge in [-0.25, -0.2) is 39.9 Å². The minimum Gasteiger partial charge on any atom is -0.357 e. The number of piperidine rings is 1. The van der Waals surface area contributed by atoms with Gasteiger partial charge in [-0.15, -0.1) is 9.19 Å². The van der Waals surface area contributed by atoms with Crippen LogP contribution in [-0.4, -0.2) is 86.0 Å². The summed E-state index contributed by atoms with van der Waals surface area (Å²) in [5.74, 6) is 0.00814. The van der Waals surface area contributed by atoms with Gasteiger partial charge < -0.3 is 10.3 Å². The predicted octanol–water partition coefficient (Wildman–Crippen LogP) is 2.11. The maximum absolute atomic E-state index is 13.9. The fourth-order valence-corrected chi connectivity index (χ4v) is 7.34. The number of halogens is 2. The number of nitrogens with zero attached hydrogens (tertiary/aromatic N) is 7. The second kappa shape index (κ2) is 11.9. The SMILES string of the molecule is CS(=O)(=O)N1CCC(Nc2ncc3cc(C(F)F)c(=O)n(Cc4cc5cc(CCS(=O)(=O)n6cncn6)ccc5[nH]4)c3n2)CC1. The zero-order valence-electron chi connectivity index (χ0n) is 24.0. The fraction of sp³-hybridized carbons (Fsp3) is 0.370. The second-order valence-corrected chi connectivity index (χ2v) is 14.8. The number of aromatic amines is 1. The van der Waals surface area contributed by atoms with Crippen molar-refractivity contribution in [1.29, 1.82) is 0 Å². The lowest BCUT2D eigenvalue weighted by atomic mass is 10.1. The maximum atomic E-state index is 13.9. The van der Waals surface area contributed by atoms with Crippen molar-refractivity contribution in [3.63, 3.8) is 0 Å². The number of pyridine rings is 1. The minimum atomic E-state index is -3.67. The highest BCUT2D eigenvalue weighted by Gasteiger charge is 2.26. The third kappa shape index (κ3) is 6.57. The summed E-state index contributed by atoms with van der Waals surface area (Å²) in [5, 5.41) is 7.88. The Labute approximate surface area is 256 Å². The summed E-state index contributed by atoms with van der Waals surface area (Å²) in [6, 6.07) is 8.14. The van der Waals surface area contributed by atoms with Gasteiger partial charge in [0.25, 0.3) is 22.0 Å². The fourth-order valence-electron chi connectivity index (χ4n) is 5.40. The van der Waals surface area contributed by atoms with Gasteiger partial charge in [-0.2, -0.15) is 4.98 Å². The van der Waals surface area contributed by atoms with Crippen LogP contribution in [0.2, 0.25) is 0 Å². The van der Waals surface area contributed by atoms with Crippen LogP contribution < -0.4 is 10.9 Å². The first-order valence-corrected chi connectivity index (χ1v) is 17.4. The molecule has 45 heavy (non-hydrogen) atoms. The van der Waals surface area contributed by atoms with Crippen LogP contribution in [0.5, 0.6) is 0 Å². The van der Waals surface area contributed by atoms with E-state index in [0.717, 1.165) is 33.8 Å². The van der Waals surface area contributed by atoms with Gasteiger partial charge >= 0.3 is 0 Å². The lowest BCUT2D eigenvalue weighted by Crippen LogP contribution is -2.42. The number of alkyl halides is 2. The van der Waals surface area contributed by atoms with Crippen molar-refractivity contribution in [2.45, 2.75) is 38.3 Å². The number of hydrogen-bond acceptors (Lipinski definition) is 10. The molecular weight excluding hydrogens is 632 g/mol. The molecule has 0 radical (unpaired) electrons. The largest absolute Gasteiger partial charge is 0.357 e. The molecule has 0 atom stereocenters. The summed E-state index contributed by atoms with van der Waals surface area (Å²) in [6.07, 6.45) is 3.07. The molecule has 0 spiro atoms. The molecule has 2 N–H and O–H groups in total. The Morgan fingerprint density at radius 3 is 2.56 bits per heavy atom. The number of nitrogens with one attached hydrogen (secondary N) is 2. The van der Waals surface area contributed by atoms with Crippen molar-refractivity contribution >= 4 is 47.9 Å². The molecule has 0 aliphatic carbocycles. The van der Waals surface area contributed by atoms with E-state index in [0.29, 0.717) is 37.1 Å². The molecule has 1 aliphatic heterocycles. The summed E-state index contributed by atoms with van der Waals surface area (Å²) in [4.78, 5) is 28.9. The van der Waals surface area contributed by atoms with Crippen molar-refractivity contribution in [2.24, 2.45) is 0 Å². The van der Waals surface area contributed by atoms with Gasteiger partial charge in [0.05, 0.1) is 24.1 Å². The zero-order chi connectivity index (χ0) is 31.9. The predicted molar refractivity (Wildman–Crippen MR) is 162 cm³/mol. The van der Waals surface area contributed by atoms with Gasteiger partial charge in [-0.05, 0) is 54.5 Å². The maximum Gasteiger partial charge on any atom is 0.269 e. The lowest BCUT2D eigenvalue weighted by molar-refractivity contribution is 0.149. The Morgan fingerprint density at radius 1 is 1.09 bits per heavy atom. The summed E-state index contributed by atoms with van der Waals surface area (Å²) in [6.45, 7) is 0.586. The second-order valence-electron chi connectivity index (χ2n) is 10.9. The van der Waals surface area contributed by atoms with Crippen LogP contribution in [0.15, 0.2) is 54.0 Å². The molecule has 0 saturated carbocycles. The molecule has 5 heterocycles. The van der Waals surface area contributed by atoms with Gasteiger partial charge in [0.2, 0.25) is 16.0 Å². The van der Waals surface area contributed by atoms with Gasteiger partial charge in [-0.3, -0.25) is 9.36 Å². The van der Waals surface area contributed by atoms with E-state index in [1.165, 1.54) is 21.3 Å². The van der Waals surface area contributed by atoms with E-state index < -0.39 is 37.6 Å². The smallest absolute Gasteiger partial charge is 0.269 e. The highest BCUT2D eigenvalue weighted by atomic mass is 32.2. The number of sulfonamides is 1. The molecular formula is C27H29F2N9O5S2. The Bertz CT molecular complexity index is 2140. The molecule has 0 amide bonds. The van der Waals surface area contributed by atoms with Crippen molar-refractivity contribution in [2.75, 3.05) is 30.4 Å².